The highest BCUT2D eigenvalue weighted by atomic mass is 16.3. The van der Waals surface area contributed by atoms with Gasteiger partial charge in [0, 0.05) is 17.3 Å². The second-order valence-corrected chi connectivity index (χ2v) is 8.67. The molecule has 4 aromatic heterocycles. The zero-order valence-corrected chi connectivity index (χ0v) is 18.7. The molecule has 1 aliphatic rings. The summed E-state index contributed by atoms with van der Waals surface area (Å²) in [6.07, 6.45) is 5.42. The summed E-state index contributed by atoms with van der Waals surface area (Å²) in [6.45, 7) is 4.04. The third-order valence-electron chi connectivity index (χ3n) is 5.84. The predicted molar refractivity (Wildman–Crippen MR) is 125 cm³/mol. The molecule has 0 saturated heterocycles. The number of hydrogen-bond acceptors (Lipinski definition) is 7. The fourth-order valence-electron chi connectivity index (χ4n) is 4.02. The van der Waals surface area contributed by atoms with Gasteiger partial charge in [-0.3, -0.25) is 4.79 Å². The highest BCUT2D eigenvalue weighted by Crippen LogP contribution is 2.37. The van der Waals surface area contributed by atoms with Crippen LogP contribution in [0.1, 0.15) is 49.1 Å². The van der Waals surface area contributed by atoms with Crippen LogP contribution in [0.15, 0.2) is 59.3 Å². The van der Waals surface area contributed by atoms with E-state index >= 15 is 0 Å². The van der Waals surface area contributed by atoms with Gasteiger partial charge in [0.1, 0.15) is 5.69 Å². The molecule has 1 saturated carbocycles. The van der Waals surface area contributed by atoms with E-state index in [1.807, 2.05) is 48.9 Å². The highest BCUT2D eigenvalue weighted by molar-refractivity contribution is 6.12. The first-order valence-electron chi connectivity index (χ1n) is 11.2. The van der Waals surface area contributed by atoms with E-state index in [1.165, 1.54) is 0 Å². The van der Waals surface area contributed by atoms with Gasteiger partial charge in [-0.1, -0.05) is 12.1 Å². The van der Waals surface area contributed by atoms with Gasteiger partial charge >= 0.3 is 0 Å². The van der Waals surface area contributed by atoms with Gasteiger partial charge in [-0.05, 0) is 67.4 Å². The maximum absolute atomic E-state index is 13.5. The van der Waals surface area contributed by atoms with Crippen LogP contribution in [-0.4, -0.2) is 40.9 Å². The molecular formula is C24H22N8O2. The Bertz CT molecular complexity index is 1490. The first-order valence-corrected chi connectivity index (χ1v) is 11.2. The molecule has 10 heteroatoms. The number of fused-ring (bicyclic) bond motifs is 1. The van der Waals surface area contributed by atoms with Gasteiger partial charge in [-0.25, -0.2) is 14.3 Å². The van der Waals surface area contributed by atoms with Crippen molar-refractivity contribution in [2.24, 2.45) is 0 Å². The Morgan fingerprint density at radius 2 is 2.06 bits per heavy atom. The third-order valence-corrected chi connectivity index (χ3v) is 5.84. The summed E-state index contributed by atoms with van der Waals surface area (Å²) in [6, 6.07) is 13.3. The number of nitrogens with one attached hydrogen (secondary N) is 1. The Labute approximate surface area is 194 Å². The Balaban J connectivity index is 1.38. The lowest BCUT2D eigenvalue weighted by Gasteiger charge is -2.11. The van der Waals surface area contributed by atoms with Crippen LogP contribution in [0.25, 0.3) is 33.9 Å². The summed E-state index contributed by atoms with van der Waals surface area (Å²) in [5, 5.41) is 20.3. The second-order valence-electron chi connectivity index (χ2n) is 8.67. The summed E-state index contributed by atoms with van der Waals surface area (Å²) in [7, 11) is 0. The molecule has 0 unspecified atom stereocenters. The van der Waals surface area contributed by atoms with Gasteiger partial charge in [0.15, 0.2) is 17.2 Å². The molecule has 0 aliphatic heterocycles. The fraction of sp³-hybridized carbons (Fsp3) is 0.250. The van der Waals surface area contributed by atoms with Crippen LogP contribution < -0.4 is 5.32 Å². The first kappa shape index (κ1) is 20.3. The largest absolute Gasteiger partial charge is 0.463 e. The molecular weight excluding hydrogens is 432 g/mol. The molecule has 10 nitrogen and oxygen atoms in total. The molecule has 1 aromatic carbocycles. The maximum atomic E-state index is 13.5. The molecule has 5 aromatic rings. The fourth-order valence-corrected chi connectivity index (χ4v) is 4.02. The normalized spacial score (nSPS) is 13.6. The lowest BCUT2D eigenvalue weighted by Crippen LogP contribution is -2.13. The van der Waals surface area contributed by atoms with Crippen molar-refractivity contribution < 1.29 is 9.21 Å². The SMILES string of the molecule is CC(C)n1ncc2c(C(=O)Nc3cccc(-c4nnnn4C4CC4)c3)cc(-c3ccco3)nc21. The zero-order valence-electron chi connectivity index (χ0n) is 18.7. The highest BCUT2D eigenvalue weighted by Gasteiger charge is 2.28. The Hall–Kier alpha value is -4.34. The molecule has 1 N–H and O–H groups in total. The smallest absolute Gasteiger partial charge is 0.256 e. The molecule has 0 atom stereocenters. The number of tetrazole rings is 1. The monoisotopic (exact) mass is 454 g/mol. The van der Waals surface area contributed by atoms with E-state index in [4.69, 9.17) is 9.40 Å². The third kappa shape index (κ3) is 3.53. The van der Waals surface area contributed by atoms with Crippen molar-refractivity contribution in [3.63, 3.8) is 0 Å². The minimum Gasteiger partial charge on any atom is -0.463 e. The molecule has 1 fully saturated rings. The summed E-state index contributed by atoms with van der Waals surface area (Å²) >= 11 is 0. The van der Waals surface area contributed by atoms with Gasteiger partial charge < -0.3 is 9.73 Å². The number of furan rings is 1. The lowest BCUT2D eigenvalue weighted by molar-refractivity contribution is 0.102. The van der Waals surface area contributed by atoms with Crippen molar-refractivity contribution >= 4 is 22.6 Å². The van der Waals surface area contributed by atoms with Crippen LogP contribution in [0.2, 0.25) is 0 Å². The van der Waals surface area contributed by atoms with Crippen LogP contribution in [0.3, 0.4) is 0 Å². The van der Waals surface area contributed by atoms with Crippen molar-refractivity contribution in [2.75, 3.05) is 5.32 Å². The minimum atomic E-state index is -0.262. The van der Waals surface area contributed by atoms with Crippen LogP contribution >= 0.6 is 0 Å². The molecule has 0 bridgehead atoms. The van der Waals surface area contributed by atoms with Crippen LogP contribution in [0.4, 0.5) is 5.69 Å². The van der Waals surface area contributed by atoms with E-state index in [9.17, 15) is 4.79 Å². The quantitative estimate of drug-likeness (QED) is 0.401. The maximum Gasteiger partial charge on any atom is 0.256 e. The molecule has 170 valence electrons. The standard InChI is InChI=1S/C24H22N8O2/c1-14(2)31-23-19(13-25-31)18(12-20(27-23)21-7-4-10-34-21)24(33)26-16-6-3-5-15(11-16)22-28-29-30-32(22)17-8-9-17/h3-7,10-14,17H,8-9H2,1-2H3,(H,26,33). The zero-order chi connectivity index (χ0) is 23.2. The topological polar surface area (TPSA) is 117 Å². The van der Waals surface area contributed by atoms with E-state index in [-0.39, 0.29) is 11.9 Å². The Morgan fingerprint density at radius 3 is 2.82 bits per heavy atom. The number of amides is 1. The van der Waals surface area contributed by atoms with Crippen molar-refractivity contribution in [1.82, 2.24) is 35.0 Å². The van der Waals surface area contributed by atoms with E-state index in [2.05, 4.69) is 25.9 Å². The molecule has 1 amide bonds. The number of carbonyl (C=O) groups is 1. The number of nitrogens with zero attached hydrogens (tertiary/aromatic N) is 7. The van der Waals surface area contributed by atoms with Gasteiger partial charge in [0.25, 0.3) is 5.91 Å². The summed E-state index contributed by atoms with van der Waals surface area (Å²) < 4.78 is 9.20. The molecule has 6 rings (SSSR count). The molecule has 1 aliphatic carbocycles. The molecule has 4 heterocycles. The van der Waals surface area contributed by atoms with E-state index in [0.29, 0.717) is 45.6 Å². The number of carbonyl (C=O) groups excluding carboxylic acids is 1. The number of benzene rings is 1. The molecule has 0 spiro atoms. The lowest BCUT2D eigenvalue weighted by atomic mass is 10.1. The molecule has 0 radical (unpaired) electrons. The van der Waals surface area contributed by atoms with Crippen molar-refractivity contribution in [2.45, 2.75) is 38.8 Å². The van der Waals surface area contributed by atoms with Crippen molar-refractivity contribution in [1.29, 1.82) is 0 Å². The summed E-state index contributed by atoms with van der Waals surface area (Å²) in [4.78, 5) is 18.2. The van der Waals surface area contributed by atoms with Crippen LogP contribution in [0.5, 0.6) is 0 Å². The van der Waals surface area contributed by atoms with Crippen LogP contribution in [-0.2, 0) is 0 Å². The van der Waals surface area contributed by atoms with E-state index in [0.717, 1.165) is 18.4 Å². The predicted octanol–water partition coefficient (Wildman–Crippen LogP) is 4.51. The average Bonchev–Trinajstić information content (AvgIpc) is 3.24. The average molecular weight is 454 g/mol. The Kier molecular flexibility index (Phi) is 4.72. The first-order chi connectivity index (χ1) is 16.6. The number of rotatable bonds is 6. The van der Waals surface area contributed by atoms with E-state index < -0.39 is 0 Å². The van der Waals surface area contributed by atoms with Gasteiger partial charge in [-0.15, -0.1) is 5.10 Å². The van der Waals surface area contributed by atoms with E-state index in [1.54, 1.807) is 29.3 Å². The van der Waals surface area contributed by atoms with Crippen molar-refractivity contribution in [3.8, 4) is 22.8 Å². The molecule has 34 heavy (non-hydrogen) atoms. The van der Waals surface area contributed by atoms with Crippen LogP contribution in [0, 0.1) is 0 Å². The number of anilines is 1. The summed E-state index contributed by atoms with van der Waals surface area (Å²) in [5.74, 6) is 1.02. The van der Waals surface area contributed by atoms with Gasteiger partial charge in [-0.2, -0.15) is 5.10 Å². The van der Waals surface area contributed by atoms with Crippen molar-refractivity contribution in [3.05, 3.63) is 60.5 Å². The Morgan fingerprint density at radius 1 is 1.18 bits per heavy atom. The minimum absolute atomic E-state index is 0.0851. The van der Waals surface area contributed by atoms with Gasteiger partial charge in [0.05, 0.1) is 29.5 Å². The van der Waals surface area contributed by atoms with Gasteiger partial charge in [0.2, 0.25) is 0 Å². The summed E-state index contributed by atoms with van der Waals surface area (Å²) in [5.41, 5.74) is 3.16. The number of aromatic nitrogens is 7. The second kappa shape index (κ2) is 7.91. The number of hydrogen-bond donors (Lipinski definition) is 1. The number of pyridine rings is 1.